The molecule has 0 unspecified atom stereocenters. The van der Waals surface area contributed by atoms with E-state index < -0.39 is 10.0 Å². The van der Waals surface area contributed by atoms with Crippen molar-refractivity contribution in [1.82, 2.24) is 10.0 Å². The molecule has 0 aliphatic rings. The summed E-state index contributed by atoms with van der Waals surface area (Å²) in [5.41, 5.74) is 2.50. The number of carbonyl (C=O) groups excluding carboxylic acids is 1. The van der Waals surface area contributed by atoms with Crippen molar-refractivity contribution in [1.29, 1.82) is 0 Å². The molecule has 0 fully saturated rings. The molecule has 2 rings (SSSR count). The third kappa shape index (κ3) is 5.18. The fourth-order valence-corrected chi connectivity index (χ4v) is 3.66. The highest BCUT2D eigenvalue weighted by molar-refractivity contribution is 7.89. The number of benzene rings is 2. The van der Waals surface area contributed by atoms with E-state index >= 15 is 0 Å². The van der Waals surface area contributed by atoms with Gasteiger partial charge in [0.05, 0.1) is 11.3 Å². The van der Waals surface area contributed by atoms with Crippen LogP contribution < -0.4 is 10.0 Å². The highest BCUT2D eigenvalue weighted by Crippen LogP contribution is 2.16. The molecule has 0 spiro atoms. The average molecular weight is 346 g/mol. The first kappa shape index (κ1) is 18.2. The molecule has 1 amide bonds. The molecule has 6 heteroatoms. The standard InChI is InChI=1S/C18H22N2O3S/c1-14-8-9-15(2)17(12-14)24(22,23)20-11-10-19-18(21)13-16-6-4-3-5-7-16/h3-9,12,20H,10-11,13H2,1-2H3,(H,19,21). The van der Waals surface area contributed by atoms with Crippen molar-refractivity contribution in [2.24, 2.45) is 0 Å². The lowest BCUT2D eigenvalue weighted by atomic mass is 10.1. The zero-order chi connectivity index (χ0) is 17.6. The molecule has 0 aliphatic heterocycles. The largest absolute Gasteiger partial charge is 0.355 e. The monoisotopic (exact) mass is 346 g/mol. The van der Waals surface area contributed by atoms with Crippen LogP contribution in [0, 0.1) is 13.8 Å². The summed E-state index contributed by atoms with van der Waals surface area (Å²) in [6, 6.07) is 14.7. The molecule has 0 saturated heterocycles. The summed E-state index contributed by atoms with van der Waals surface area (Å²) < 4.78 is 27.2. The number of sulfonamides is 1. The van der Waals surface area contributed by atoms with Gasteiger partial charge in [-0.25, -0.2) is 13.1 Å². The Bertz CT molecular complexity index is 802. The number of hydrogen-bond acceptors (Lipinski definition) is 3. The first-order valence-corrected chi connectivity index (χ1v) is 9.24. The van der Waals surface area contributed by atoms with E-state index in [9.17, 15) is 13.2 Å². The third-order valence-electron chi connectivity index (χ3n) is 3.58. The minimum absolute atomic E-state index is 0.132. The lowest BCUT2D eigenvalue weighted by molar-refractivity contribution is -0.120. The Labute approximate surface area is 143 Å². The van der Waals surface area contributed by atoms with Gasteiger partial charge in [-0.05, 0) is 36.6 Å². The summed E-state index contributed by atoms with van der Waals surface area (Å²) in [5.74, 6) is -0.132. The second-order valence-electron chi connectivity index (χ2n) is 5.68. The smallest absolute Gasteiger partial charge is 0.240 e. The highest BCUT2D eigenvalue weighted by Gasteiger charge is 2.16. The van der Waals surface area contributed by atoms with Crippen LogP contribution >= 0.6 is 0 Å². The topological polar surface area (TPSA) is 75.3 Å². The van der Waals surface area contributed by atoms with Crippen molar-refractivity contribution >= 4 is 15.9 Å². The molecule has 2 aromatic carbocycles. The van der Waals surface area contributed by atoms with Gasteiger partial charge in [-0.3, -0.25) is 4.79 Å². The van der Waals surface area contributed by atoms with Gasteiger partial charge in [0.1, 0.15) is 0 Å². The molecule has 0 radical (unpaired) electrons. The molecular weight excluding hydrogens is 324 g/mol. The molecule has 2 N–H and O–H groups in total. The van der Waals surface area contributed by atoms with Gasteiger partial charge in [-0.1, -0.05) is 42.5 Å². The third-order valence-corrected chi connectivity index (χ3v) is 5.18. The SMILES string of the molecule is Cc1ccc(C)c(S(=O)(=O)NCCNC(=O)Cc2ccccc2)c1. The predicted molar refractivity (Wildman–Crippen MR) is 94.3 cm³/mol. The van der Waals surface area contributed by atoms with E-state index in [1.54, 1.807) is 19.1 Å². The number of rotatable bonds is 7. The van der Waals surface area contributed by atoms with Crippen molar-refractivity contribution in [3.05, 3.63) is 65.2 Å². The molecule has 0 heterocycles. The van der Waals surface area contributed by atoms with Crippen molar-refractivity contribution in [3.63, 3.8) is 0 Å². The number of aryl methyl sites for hydroxylation is 2. The molecule has 24 heavy (non-hydrogen) atoms. The second-order valence-corrected chi connectivity index (χ2v) is 7.41. The normalized spacial score (nSPS) is 11.2. The van der Waals surface area contributed by atoms with Crippen molar-refractivity contribution in [3.8, 4) is 0 Å². The lowest BCUT2D eigenvalue weighted by Gasteiger charge is -2.11. The molecule has 0 saturated carbocycles. The van der Waals surface area contributed by atoms with Crippen LogP contribution in [-0.4, -0.2) is 27.4 Å². The Balaban J connectivity index is 1.83. The zero-order valence-electron chi connectivity index (χ0n) is 13.9. The Morgan fingerprint density at radius 2 is 1.71 bits per heavy atom. The Morgan fingerprint density at radius 3 is 2.42 bits per heavy atom. The zero-order valence-corrected chi connectivity index (χ0v) is 14.7. The van der Waals surface area contributed by atoms with Crippen LogP contribution in [0.2, 0.25) is 0 Å². The molecule has 2 aromatic rings. The van der Waals surface area contributed by atoms with Gasteiger partial charge in [0.15, 0.2) is 0 Å². The van der Waals surface area contributed by atoms with Gasteiger partial charge in [0.25, 0.3) is 0 Å². The van der Waals surface area contributed by atoms with E-state index in [2.05, 4.69) is 10.0 Å². The van der Waals surface area contributed by atoms with E-state index in [0.717, 1.165) is 11.1 Å². The highest BCUT2D eigenvalue weighted by atomic mass is 32.2. The quantitative estimate of drug-likeness (QED) is 0.753. The fraction of sp³-hybridized carbons (Fsp3) is 0.278. The Kier molecular flexibility index (Phi) is 6.11. The Morgan fingerprint density at radius 1 is 1.00 bits per heavy atom. The van der Waals surface area contributed by atoms with Crippen LogP contribution in [0.1, 0.15) is 16.7 Å². The van der Waals surface area contributed by atoms with Crippen LogP contribution in [0.15, 0.2) is 53.4 Å². The van der Waals surface area contributed by atoms with E-state index in [0.29, 0.717) is 5.56 Å². The van der Waals surface area contributed by atoms with Crippen LogP contribution in [0.3, 0.4) is 0 Å². The summed E-state index contributed by atoms with van der Waals surface area (Å²) in [5, 5.41) is 2.72. The lowest BCUT2D eigenvalue weighted by Crippen LogP contribution is -2.35. The molecule has 0 bridgehead atoms. The molecule has 0 aromatic heterocycles. The fourth-order valence-electron chi connectivity index (χ4n) is 2.31. The van der Waals surface area contributed by atoms with E-state index in [1.807, 2.05) is 43.3 Å². The number of nitrogens with one attached hydrogen (secondary N) is 2. The second kappa shape index (κ2) is 8.08. The summed E-state index contributed by atoms with van der Waals surface area (Å²) in [6.07, 6.45) is 0.282. The van der Waals surface area contributed by atoms with Gasteiger partial charge in [-0.2, -0.15) is 0 Å². The Hall–Kier alpha value is -2.18. The van der Waals surface area contributed by atoms with E-state index in [1.165, 1.54) is 0 Å². The summed E-state index contributed by atoms with van der Waals surface area (Å²) in [4.78, 5) is 12.1. The van der Waals surface area contributed by atoms with Gasteiger partial charge >= 0.3 is 0 Å². The molecule has 0 aliphatic carbocycles. The number of carbonyl (C=O) groups is 1. The van der Waals surface area contributed by atoms with Crippen LogP contribution in [0.5, 0.6) is 0 Å². The minimum atomic E-state index is -3.57. The van der Waals surface area contributed by atoms with Gasteiger partial charge in [0.2, 0.25) is 15.9 Å². The maximum absolute atomic E-state index is 12.3. The number of hydrogen-bond donors (Lipinski definition) is 2. The van der Waals surface area contributed by atoms with Crippen molar-refractivity contribution < 1.29 is 13.2 Å². The summed E-state index contributed by atoms with van der Waals surface area (Å²) in [6.45, 7) is 4.00. The minimum Gasteiger partial charge on any atom is -0.355 e. The van der Waals surface area contributed by atoms with Crippen LogP contribution in [0.25, 0.3) is 0 Å². The van der Waals surface area contributed by atoms with Crippen LogP contribution in [0.4, 0.5) is 0 Å². The molecule has 5 nitrogen and oxygen atoms in total. The average Bonchev–Trinajstić information content (AvgIpc) is 2.55. The van der Waals surface area contributed by atoms with E-state index in [-0.39, 0.29) is 30.3 Å². The summed E-state index contributed by atoms with van der Waals surface area (Å²) in [7, 11) is -3.57. The molecule has 0 atom stereocenters. The maximum Gasteiger partial charge on any atom is 0.240 e. The summed E-state index contributed by atoms with van der Waals surface area (Å²) >= 11 is 0. The van der Waals surface area contributed by atoms with Gasteiger partial charge in [-0.15, -0.1) is 0 Å². The molecule has 128 valence electrons. The predicted octanol–water partition coefficient (Wildman–Crippen LogP) is 1.94. The maximum atomic E-state index is 12.3. The van der Waals surface area contributed by atoms with E-state index in [4.69, 9.17) is 0 Å². The van der Waals surface area contributed by atoms with Crippen molar-refractivity contribution in [2.45, 2.75) is 25.2 Å². The first-order valence-electron chi connectivity index (χ1n) is 7.76. The van der Waals surface area contributed by atoms with Gasteiger partial charge in [0, 0.05) is 13.1 Å². The van der Waals surface area contributed by atoms with Gasteiger partial charge < -0.3 is 5.32 Å². The number of amides is 1. The van der Waals surface area contributed by atoms with Crippen molar-refractivity contribution in [2.75, 3.05) is 13.1 Å². The first-order chi connectivity index (χ1) is 11.4. The molecular formula is C18H22N2O3S. The van der Waals surface area contributed by atoms with Crippen LogP contribution in [-0.2, 0) is 21.2 Å².